The van der Waals surface area contributed by atoms with Gasteiger partial charge in [-0.15, -0.1) is 22.7 Å². The van der Waals surface area contributed by atoms with Gasteiger partial charge in [0.1, 0.15) is 12.6 Å². The maximum atomic E-state index is 12.2. The van der Waals surface area contributed by atoms with Crippen molar-refractivity contribution in [3.63, 3.8) is 0 Å². The SMILES string of the molecule is CC(=O)NC1CC(C)S(=O)(=O)c2sc(S(N)(=O)=O)cc21.CCNC1CC(C)S(=O)(=O)c2sc(C)cc21. The van der Waals surface area contributed by atoms with E-state index in [-0.39, 0.29) is 32.0 Å². The van der Waals surface area contributed by atoms with Gasteiger partial charge in [0, 0.05) is 23.4 Å². The van der Waals surface area contributed by atoms with Crippen molar-refractivity contribution in [3.8, 4) is 0 Å². The van der Waals surface area contributed by atoms with E-state index in [1.165, 1.54) is 31.3 Å². The summed E-state index contributed by atoms with van der Waals surface area (Å²) in [6, 6.07) is 2.92. The number of carbonyl (C=O) groups excluding carboxylic acids is 1. The standard InChI is InChI=1S/C11H17NO2S2.C10H14N2O5S3/c1-4-12-10-6-8(3)16(13,14)11-9(10)5-7(2)15-11;1-5-3-8(12-6(2)13)7-4-9(20(11,16)17)18-10(7)19(5,14)15/h5,8,10,12H,4,6H2,1-3H3;4-5,8H,3H2,1-2H3,(H,12,13)(H2,11,16,17). The molecule has 0 aliphatic carbocycles. The zero-order chi connectivity index (χ0) is 27.2. The molecule has 4 N–H and O–H groups in total. The third kappa shape index (κ3) is 5.71. The number of fused-ring (bicyclic) bond motifs is 2. The maximum Gasteiger partial charge on any atom is 0.247 e. The number of carbonyl (C=O) groups is 1. The first kappa shape index (κ1) is 29.2. The van der Waals surface area contributed by atoms with Gasteiger partial charge < -0.3 is 10.6 Å². The summed E-state index contributed by atoms with van der Waals surface area (Å²) in [7, 11) is -10.6. The van der Waals surface area contributed by atoms with E-state index < -0.39 is 41.0 Å². The van der Waals surface area contributed by atoms with E-state index in [4.69, 9.17) is 5.14 Å². The fourth-order valence-corrected chi connectivity index (χ4v) is 12.2. The van der Waals surface area contributed by atoms with E-state index in [2.05, 4.69) is 10.6 Å². The molecule has 0 saturated heterocycles. The Hall–Kier alpha value is -1.36. The van der Waals surface area contributed by atoms with Gasteiger partial charge in [-0.1, -0.05) is 6.92 Å². The largest absolute Gasteiger partial charge is 0.349 e. The number of primary sulfonamides is 1. The molecule has 4 rings (SSSR count). The zero-order valence-corrected chi connectivity index (χ0v) is 24.6. The molecule has 36 heavy (non-hydrogen) atoms. The number of hydrogen-bond donors (Lipinski definition) is 3. The van der Waals surface area contributed by atoms with Crippen LogP contribution in [0.15, 0.2) is 24.8 Å². The molecule has 0 saturated carbocycles. The highest BCUT2D eigenvalue weighted by molar-refractivity contribution is 7.95. The summed E-state index contributed by atoms with van der Waals surface area (Å²) < 4.78 is 71.9. The molecule has 1 amide bonds. The molecular formula is C21H31N3O7S5. The molecular weight excluding hydrogens is 567 g/mol. The highest BCUT2D eigenvalue weighted by atomic mass is 32.3. The van der Waals surface area contributed by atoms with Crippen molar-refractivity contribution < 1.29 is 30.0 Å². The minimum absolute atomic E-state index is 0.0287. The van der Waals surface area contributed by atoms with Crippen LogP contribution in [0.5, 0.6) is 0 Å². The second-order valence-electron chi connectivity index (χ2n) is 9.00. The van der Waals surface area contributed by atoms with Gasteiger partial charge in [-0.05, 0) is 57.9 Å². The van der Waals surface area contributed by atoms with Crippen molar-refractivity contribution in [1.82, 2.24) is 10.6 Å². The highest BCUT2D eigenvalue weighted by Gasteiger charge is 2.40. The molecule has 0 radical (unpaired) electrons. The molecule has 0 fully saturated rings. The molecule has 2 aromatic heterocycles. The summed E-state index contributed by atoms with van der Waals surface area (Å²) in [5.74, 6) is -0.309. The Morgan fingerprint density at radius 1 is 1.00 bits per heavy atom. The molecule has 4 heterocycles. The smallest absolute Gasteiger partial charge is 0.247 e. The number of rotatable bonds is 4. The van der Waals surface area contributed by atoms with Gasteiger partial charge in [-0.2, -0.15) is 0 Å². The quantitative estimate of drug-likeness (QED) is 0.482. The highest BCUT2D eigenvalue weighted by Crippen LogP contribution is 2.43. The fraction of sp³-hybridized carbons (Fsp3) is 0.571. The van der Waals surface area contributed by atoms with E-state index in [0.717, 1.165) is 17.0 Å². The van der Waals surface area contributed by atoms with Gasteiger partial charge >= 0.3 is 0 Å². The van der Waals surface area contributed by atoms with Crippen LogP contribution in [0.25, 0.3) is 0 Å². The number of nitrogens with one attached hydrogen (secondary N) is 2. The van der Waals surface area contributed by atoms with Crippen LogP contribution in [0.4, 0.5) is 0 Å². The number of amides is 1. The molecule has 202 valence electrons. The predicted octanol–water partition coefficient (Wildman–Crippen LogP) is 2.41. The first-order valence-electron chi connectivity index (χ1n) is 11.2. The van der Waals surface area contributed by atoms with Crippen LogP contribution in [0.2, 0.25) is 0 Å². The summed E-state index contributed by atoms with van der Waals surface area (Å²) in [4.78, 5) is 12.3. The van der Waals surface area contributed by atoms with Gasteiger partial charge in [-0.25, -0.2) is 30.4 Å². The Kier molecular flexibility index (Phi) is 8.45. The Bertz CT molecular complexity index is 1470. The van der Waals surface area contributed by atoms with Crippen LogP contribution in [0.3, 0.4) is 0 Å². The van der Waals surface area contributed by atoms with Gasteiger partial charge in [-0.3, -0.25) is 4.79 Å². The molecule has 15 heteroatoms. The molecule has 4 unspecified atom stereocenters. The zero-order valence-electron chi connectivity index (χ0n) is 20.6. The number of hydrogen-bond acceptors (Lipinski definition) is 10. The van der Waals surface area contributed by atoms with E-state index in [1.807, 2.05) is 19.9 Å². The number of aryl methyl sites for hydroxylation is 1. The second-order valence-corrected chi connectivity index (χ2v) is 18.2. The lowest BCUT2D eigenvalue weighted by molar-refractivity contribution is -0.119. The molecule has 0 aromatic carbocycles. The minimum Gasteiger partial charge on any atom is -0.349 e. The average molecular weight is 598 g/mol. The van der Waals surface area contributed by atoms with Crippen LogP contribution in [-0.2, 0) is 34.5 Å². The summed E-state index contributed by atoms with van der Waals surface area (Å²) in [6.07, 6.45) is 0.884. The molecule has 2 aromatic rings. The third-order valence-electron chi connectivity index (χ3n) is 6.12. The Balaban J connectivity index is 0.000000205. The molecule has 0 bridgehead atoms. The minimum atomic E-state index is -3.98. The van der Waals surface area contributed by atoms with Crippen molar-refractivity contribution >= 4 is 58.3 Å². The second kappa shape index (κ2) is 10.4. The van der Waals surface area contributed by atoms with Crippen molar-refractivity contribution in [2.75, 3.05) is 6.54 Å². The van der Waals surface area contributed by atoms with E-state index in [9.17, 15) is 30.0 Å². The van der Waals surface area contributed by atoms with Crippen molar-refractivity contribution in [1.29, 1.82) is 0 Å². The van der Waals surface area contributed by atoms with Gasteiger partial charge in [0.05, 0.1) is 16.5 Å². The average Bonchev–Trinajstić information content (AvgIpc) is 3.36. The van der Waals surface area contributed by atoms with Crippen LogP contribution < -0.4 is 15.8 Å². The monoisotopic (exact) mass is 597 g/mol. The number of sulfone groups is 2. The number of sulfonamides is 1. The Labute approximate surface area is 220 Å². The first-order valence-corrected chi connectivity index (χ1v) is 17.5. The van der Waals surface area contributed by atoms with E-state index in [1.54, 1.807) is 6.92 Å². The Morgan fingerprint density at radius 2 is 1.50 bits per heavy atom. The predicted molar refractivity (Wildman–Crippen MR) is 140 cm³/mol. The third-order valence-corrected chi connectivity index (χ3v) is 15.3. The van der Waals surface area contributed by atoms with Crippen LogP contribution >= 0.6 is 22.7 Å². The Morgan fingerprint density at radius 3 is 2.00 bits per heavy atom. The van der Waals surface area contributed by atoms with Crippen molar-refractivity contribution in [2.45, 2.75) is 82.7 Å². The van der Waals surface area contributed by atoms with Crippen LogP contribution in [0.1, 0.15) is 68.6 Å². The van der Waals surface area contributed by atoms with Gasteiger partial charge in [0.25, 0.3) is 0 Å². The van der Waals surface area contributed by atoms with Crippen LogP contribution in [-0.4, -0.2) is 48.2 Å². The normalized spacial score (nSPS) is 26.2. The number of nitrogens with two attached hydrogens (primary N) is 1. The summed E-state index contributed by atoms with van der Waals surface area (Å²) in [5.41, 5.74) is 1.27. The molecule has 10 nitrogen and oxygen atoms in total. The lowest BCUT2D eigenvalue weighted by Gasteiger charge is -2.27. The number of thiophene rings is 2. The molecule has 2 aliphatic rings. The summed E-state index contributed by atoms with van der Waals surface area (Å²) in [5, 5.41) is 10.1. The summed E-state index contributed by atoms with van der Waals surface area (Å²) >= 11 is 2.03. The van der Waals surface area contributed by atoms with E-state index >= 15 is 0 Å². The molecule has 2 aliphatic heterocycles. The maximum absolute atomic E-state index is 12.2. The van der Waals surface area contributed by atoms with Crippen molar-refractivity contribution in [3.05, 3.63) is 28.1 Å². The van der Waals surface area contributed by atoms with Crippen molar-refractivity contribution in [2.24, 2.45) is 5.14 Å². The molecule has 0 spiro atoms. The topological polar surface area (TPSA) is 170 Å². The van der Waals surface area contributed by atoms with Gasteiger partial charge in [0.15, 0.2) is 19.7 Å². The lowest BCUT2D eigenvalue weighted by atomic mass is 10.0. The fourth-order valence-electron chi connectivity index (χ4n) is 4.31. The van der Waals surface area contributed by atoms with Crippen LogP contribution in [0, 0.1) is 6.92 Å². The molecule has 4 atom stereocenters. The summed E-state index contributed by atoms with van der Waals surface area (Å²) in [6.45, 7) is 9.53. The lowest BCUT2D eigenvalue weighted by Crippen LogP contribution is -2.35. The first-order chi connectivity index (χ1) is 16.5. The van der Waals surface area contributed by atoms with E-state index in [0.29, 0.717) is 27.5 Å². The van der Waals surface area contributed by atoms with Gasteiger partial charge in [0.2, 0.25) is 15.9 Å².